The van der Waals surface area contributed by atoms with Crippen LogP contribution in [-0.4, -0.2) is 79.9 Å². The third kappa shape index (κ3) is 28.0. The van der Waals surface area contributed by atoms with Gasteiger partial charge in [0, 0.05) is 20.6 Å². The monoisotopic (exact) mass is 689 g/mol. The topological polar surface area (TPSA) is 104 Å². The fourth-order valence-corrected chi connectivity index (χ4v) is 6.30. The van der Waals surface area contributed by atoms with Crippen molar-refractivity contribution in [1.29, 1.82) is 0 Å². The maximum atomic E-state index is 11.8. The SMILES string of the molecule is CC1COC(C)(C)O1.CCCCCCCCOC(=O)CCCCCCCC(OC)C(O)CCCCCCCC.COC1CCCCC1O. The molecule has 1 aliphatic heterocycles. The van der Waals surface area contributed by atoms with Crippen molar-refractivity contribution >= 4 is 5.97 Å². The van der Waals surface area contributed by atoms with Gasteiger partial charge in [0.05, 0.1) is 43.7 Å². The Morgan fingerprint density at radius 3 is 1.81 bits per heavy atom. The summed E-state index contributed by atoms with van der Waals surface area (Å²) in [7, 11) is 3.38. The van der Waals surface area contributed by atoms with Crippen LogP contribution in [-0.2, 0) is 28.5 Å². The van der Waals surface area contributed by atoms with E-state index in [1.165, 1.54) is 70.6 Å². The van der Waals surface area contributed by atoms with Crippen LogP contribution in [0.25, 0.3) is 0 Å². The van der Waals surface area contributed by atoms with Crippen molar-refractivity contribution in [3.05, 3.63) is 0 Å². The Hall–Kier alpha value is -0.770. The number of hydrogen-bond donors (Lipinski definition) is 2. The zero-order valence-electron chi connectivity index (χ0n) is 32.6. The molecule has 8 nitrogen and oxygen atoms in total. The summed E-state index contributed by atoms with van der Waals surface area (Å²) in [4.78, 5) is 11.8. The van der Waals surface area contributed by atoms with Gasteiger partial charge in [-0.25, -0.2) is 0 Å². The summed E-state index contributed by atoms with van der Waals surface area (Å²) in [5, 5.41) is 19.6. The summed E-state index contributed by atoms with van der Waals surface area (Å²) in [6, 6.07) is 0. The average molecular weight is 689 g/mol. The van der Waals surface area contributed by atoms with Crippen LogP contribution in [0.1, 0.15) is 189 Å². The van der Waals surface area contributed by atoms with Gasteiger partial charge in [-0.15, -0.1) is 0 Å². The van der Waals surface area contributed by atoms with Crippen molar-refractivity contribution < 1.29 is 38.7 Å². The average Bonchev–Trinajstić information content (AvgIpc) is 3.39. The number of methoxy groups -OCH3 is 2. The molecule has 2 aliphatic rings. The van der Waals surface area contributed by atoms with Crippen LogP contribution in [0.5, 0.6) is 0 Å². The van der Waals surface area contributed by atoms with E-state index < -0.39 is 0 Å². The van der Waals surface area contributed by atoms with E-state index in [1.807, 2.05) is 20.8 Å². The molecule has 0 bridgehead atoms. The summed E-state index contributed by atoms with van der Waals surface area (Å²) in [6.45, 7) is 11.6. The minimum absolute atomic E-state index is 0.0346. The minimum atomic E-state index is -0.336. The number of carbonyl (C=O) groups is 1. The van der Waals surface area contributed by atoms with Crippen molar-refractivity contribution in [2.45, 2.75) is 225 Å². The molecule has 0 aromatic heterocycles. The third-order valence-corrected chi connectivity index (χ3v) is 9.34. The highest BCUT2D eigenvalue weighted by molar-refractivity contribution is 5.69. The van der Waals surface area contributed by atoms with E-state index in [0.717, 1.165) is 83.7 Å². The highest BCUT2D eigenvalue weighted by Gasteiger charge is 2.29. The van der Waals surface area contributed by atoms with Crippen molar-refractivity contribution in [3.63, 3.8) is 0 Å². The third-order valence-electron chi connectivity index (χ3n) is 9.34. The molecule has 288 valence electrons. The van der Waals surface area contributed by atoms with Crippen LogP contribution < -0.4 is 0 Å². The van der Waals surface area contributed by atoms with Gasteiger partial charge >= 0.3 is 5.97 Å². The first-order chi connectivity index (χ1) is 23.1. The van der Waals surface area contributed by atoms with E-state index in [4.69, 9.17) is 23.7 Å². The molecule has 0 aromatic carbocycles. The molecule has 48 heavy (non-hydrogen) atoms. The van der Waals surface area contributed by atoms with Gasteiger partial charge in [0.25, 0.3) is 0 Å². The minimum Gasteiger partial charge on any atom is -0.466 e. The van der Waals surface area contributed by atoms with E-state index in [0.29, 0.717) is 13.0 Å². The molecule has 2 rings (SSSR count). The molecule has 2 N–H and O–H groups in total. The first kappa shape index (κ1) is 47.2. The van der Waals surface area contributed by atoms with Crippen LogP contribution in [0.15, 0.2) is 0 Å². The van der Waals surface area contributed by atoms with E-state index in [1.54, 1.807) is 14.2 Å². The zero-order valence-corrected chi connectivity index (χ0v) is 32.6. The van der Waals surface area contributed by atoms with Crippen LogP contribution >= 0.6 is 0 Å². The van der Waals surface area contributed by atoms with Gasteiger partial charge in [-0.05, 0) is 59.3 Å². The van der Waals surface area contributed by atoms with Crippen LogP contribution in [0.2, 0.25) is 0 Å². The second kappa shape index (κ2) is 32.2. The Balaban J connectivity index is 0.00000103. The largest absolute Gasteiger partial charge is 0.466 e. The maximum absolute atomic E-state index is 11.8. The molecule has 0 radical (unpaired) electrons. The van der Waals surface area contributed by atoms with Gasteiger partial charge in [0.2, 0.25) is 0 Å². The molecule has 5 unspecified atom stereocenters. The van der Waals surface area contributed by atoms with Crippen molar-refractivity contribution in [3.8, 4) is 0 Å². The number of aliphatic hydroxyl groups excluding tert-OH is 2. The molecule has 1 aliphatic carbocycles. The lowest BCUT2D eigenvalue weighted by Crippen LogP contribution is -2.30. The lowest BCUT2D eigenvalue weighted by Gasteiger charge is -2.25. The molecule has 0 aromatic rings. The first-order valence-electron chi connectivity index (χ1n) is 20.0. The molecule has 0 amide bonds. The lowest BCUT2D eigenvalue weighted by molar-refractivity contribution is -0.144. The van der Waals surface area contributed by atoms with Crippen molar-refractivity contribution in [2.75, 3.05) is 27.4 Å². The number of hydrogen-bond acceptors (Lipinski definition) is 8. The van der Waals surface area contributed by atoms with Crippen molar-refractivity contribution in [1.82, 2.24) is 0 Å². The Labute approximate surface area is 296 Å². The Kier molecular flexibility index (Phi) is 31.6. The number of aliphatic hydroxyl groups is 2. The Morgan fingerprint density at radius 1 is 0.792 bits per heavy atom. The summed E-state index contributed by atoms with van der Waals surface area (Å²) in [6.07, 6.45) is 26.6. The van der Waals surface area contributed by atoms with Gasteiger partial charge in [0.1, 0.15) is 0 Å². The molecule has 5 atom stereocenters. The summed E-state index contributed by atoms with van der Waals surface area (Å²) in [5.41, 5.74) is 0. The number of carbonyl (C=O) groups excluding carboxylic acids is 1. The fourth-order valence-electron chi connectivity index (χ4n) is 6.30. The second-order valence-corrected chi connectivity index (χ2v) is 14.5. The van der Waals surface area contributed by atoms with E-state index in [9.17, 15) is 15.0 Å². The Morgan fingerprint density at radius 2 is 1.33 bits per heavy atom. The molecule has 1 saturated heterocycles. The number of esters is 1. The van der Waals surface area contributed by atoms with Gasteiger partial charge in [-0.2, -0.15) is 0 Å². The number of rotatable bonds is 25. The van der Waals surface area contributed by atoms with Gasteiger partial charge in [0.15, 0.2) is 5.79 Å². The van der Waals surface area contributed by atoms with Crippen LogP contribution in [0, 0.1) is 0 Å². The van der Waals surface area contributed by atoms with E-state index >= 15 is 0 Å². The zero-order chi connectivity index (χ0) is 35.9. The summed E-state index contributed by atoms with van der Waals surface area (Å²) >= 11 is 0. The molecular formula is C40H80O8. The first-order valence-corrected chi connectivity index (χ1v) is 20.0. The van der Waals surface area contributed by atoms with Gasteiger partial charge in [-0.1, -0.05) is 123 Å². The standard InChI is InChI=1S/C27H54O4.C7H14O2.C6H12O2/c1-4-6-8-10-13-17-21-25(28)26(30-3)22-18-14-12-15-19-23-27(29)31-24-20-16-11-9-7-5-2;1-9-7-5-3-2-4-6(7)8;1-5-4-7-6(2,3)8-5/h25-26,28H,4-24H2,1-3H3;6-8H,2-5H2,1H3;5H,4H2,1-3H3. The van der Waals surface area contributed by atoms with E-state index in [2.05, 4.69) is 13.8 Å². The normalized spacial score (nSPS) is 21.4. The van der Waals surface area contributed by atoms with Gasteiger partial charge in [-0.3, -0.25) is 4.79 Å². The quantitative estimate of drug-likeness (QED) is 0.0722. The predicted molar refractivity (Wildman–Crippen MR) is 197 cm³/mol. The number of unbranched alkanes of at least 4 members (excludes halogenated alkanes) is 14. The highest BCUT2D eigenvalue weighted by Crippen LogP contribution is 2.22. The van der Waals surface area contributed by atoms with Gasteiger partial charge < -0.3 is 33.9 Å². The fraction of sp³-hybridized carbons (Fsp3) is 0.975. The molecule has 0 spiro atoms. The predicted octanol–water partition coefficient (Wildman–Crippen LogP) is 9.84. The molecule has 1 saturated carbocycles. The molecule has 1 heterocycles. The highest BCUT2D eigenvalue weighted by atomic mass is 16.7. The molecule has 8 heteroatoms. The number of ether oxygens (including phenoxy) is 5. The van der Waals surface area contributed by atoms with Crippen LogP contribution in [0.4, 0.5) is 0 Å². The van der Waals surface area contributed by atoms with Crippen LogP contribution in [0.3, 0.4) is 0 Å². The van der Waals surface area contributed by atoms with Crippen molar-refractivity contribution in [2.24, 2.45) is 0 Å². The maximum Gasteiger partial charge on any atom is 0.305 e. The Bertz CT molecular complexity index is 703. The molecular weight excluding hydrogens is 608 g/mol. The summed E-state index contributed by atoms with van der Waals surface area (Å²) in [5.74, 6) is -0.370. The van der Waals surface area contributed by atoms with E-state index in [-0.39, 0.29) is 42.3 Å². The second-order valence-electron chi connectivity index (χ2n) is 14.5. The molecule has 2 fully saturated rings. The summed E-state index contributed by atoms with van der Waals surface area (Å²) < 4.78 is 26.5. The lowest BCUT2D eigenvalue weighted by atomic mass is 9.95. The smallest absolute Gasteiger partial charge is 0.305 e.